The van der Waals surface area contributed by atoms with Gasteiger partial charge in [0.2, 0.25) is 15.9 Å². The molecule has 0 aliphatic carbocycles. The number of thiazole rings is 1. The van der Waals surface area contributed by atoms with Crippen LogP contribution in [0.1, 0.15) is 69.4 Å². The third-order valence-electron chi connectivity index (χ3n) is 6.03. The monoisotopic (exact) mass is 605 g/mol. The van der Waals surface area contributed by atoms with Crippen LogP contribution in [-0.4, -0.2) is 64.3 Å². The average Bonchev–Trinajstić information content (AvgIpc) is 3.54. The van der Waals surface area contributed by atoms with Crippen molar-refractivity contribution in [3.05, 3.63) is 35.1 Å². The summed E-state index contributed by atoms with van der Waals surface area (Å²) in [5.41, 5.74) is -3.66. The molecule has 10 nitrogen and oxygen atoms in total. The molecule has 1 aliphatic heterocycles. The third-order valence-corrected chi connectivity index (χ3v) is 8.79. The highest BCUT2D eigenvalue weighted by atomic mass is 32.2. The first kappa shape index (κ1) is 30.0. The Bertz CT molecular complexity index is 1530. The number of alkyl halides is 3. The Kier molecular flexibility index (Phi) is 8.10. The van der Waals surface area contributed by atoms with E-state index in [4.69, 9.17) is 4.42 Å². The molecule has 4 rings (SSSR count). The number of amides is 1. The van der Waals surface area contributed by atoms with Crippen LogP contribution >= 0.6 is 11.3 Å². The van der Waals surface area contributed by atoms with E-state index in [0.29, 0.717) is 11.3 Å². The van der Waals surface area contributed by atoms with Crippen LogP contribution < -0.4 is 4.72 Å². The van der Waals surface area contributed by atoms with E-state index < -0.39 is 73.7 Å². The topological polar surface area (TPSA) is 139 Å². The van der Waals surface area contributed by atoms with Gasteiger partial charge in [0, 0.05) is 24.1 Å². The van der Waals surface area contributed by atoms with Gasteiger partial charge in [-0.05, 0) is 40.7 Å². The fourth-order valence-corrected chi connectivity index (χ4v) is 6.60. The Balaban J connectivity index is 1.93. The fourth-order valence-electron chi connectivity index (χ4n) is 4.25. The second-order valence-corrected chi connectivity index (χ2v) is 12.9. The van der Waals surface area contributed by atoms with Crippen molar-refractivity contribution >= 4 is 27.3 Å². The second kappa shape index (κ2) is 10.8. The number of likely N-dealkylation sites (tertiary alicyclic amines) is 1. The van der Waals surface area contributed by atoms with Gasteiger partial charge in [0.1, 0.15) is 22.4 Å². The molecule has 2 aromatic heterocycles. The summed E-state index contributed by atoms with van der Waals surface area (Å²) in [5, 5.41) is 17.6. The lowest BCUT2D eigenvalue weighted by Crippen LogP contribution is -2.34. The van der Waals surface area contributed by atoms with Crippen LogP contribution in [0.4, 0.5) is 17.6 Å². The Morgan fingerprint density at radius 1 is 1.27 bits per heavy atom. The van der Waals surface area contributed by atoms with Crippen molar-refractivity contribution in [1.29, 1.82) is 0 Å². The summed E-state index contributed by atoms with van der Waals surface area (Å²) < 4.78 is 91.1. The third kappa shape index (κ3) is 5.75. The van der Waals surface area contributed by atoms with Crippen molar-refractivity contribution in [3.63, 3.8) is 0 Å². The predicted octanol–water partition coefficient (Wildman–Crippen LogP) is 4.42. The number of benzene rings is 1. The van der Waals surface area contributed by atoms with Crippen molar-refractivity contribution in [2.24, 2.45) is 0 Å². The lowest BCUT2D eigenvalue weighted by molar-refractivity contribution is 0.0487. The second-order valence-electron chi connectivity index (χ2n) is 10.2. The van der Waals surface area contributed by atoms with Crippen LogP contribution in [0.2, 0.25) is 0 Å². The van der Waals surface area contributed by atoms with E-state index in [2.05, 4.69) is 19.9 Å². The summed E-state index contributed by atoms with van der Waals surface area (Å²) in [6.45, 7) is 7.09. The molecule has 2 atom stereocenters. The maximum atomic E-state index is 15.5. The van der Waals surface area contributed by atoms with E-state index in [1.807, 2.05) is 0 Å². The standard InChI is InChI=1S/C24H27F4N5O5S2/c1-10(2)32-40(36,37)14-7-6-13(15(16(14)26)19(27)28)18-17(22(34)33-9-12(25)8-11(33)3)29-21(39-18)20-30-31-23(38-20)24(4,5)35/h6-7,10-12,19,32,35H,8-9H2,1-5H3/t11-,12?/m0/s1. The smallest absolute Gasteiger partial charge is 0.276 e. The molecule has 40 heavy (non-hydrogen) atoms. The zero-order chi connectivity index (χ0) is 29.7. The van der Waals surface area contributed by atoms with E-state index in [1.165, 1.54) is 32.6 Å². The SMILES string of the molecule is CC(C)NS(=O)(=O)c1ccc(-c2sc(-c3nnc(C(C)(C)O)o3)nc2C(=O)N2CC(F)C[C@@H]2C)c(C(F)F)c1F. The number of sulfonamides is 1. The molecule has 2 N–H and O–H groups in total. The van der Waals surface area contributed by atoms with Crippen molar-refractivity contribution in [2.75, 3.05) is 6.54 Å². The summed E-state index contributed by atoms with van der Waals surface area (Å²) in [6, 6.07) is 0.614. The first-order valence-electron chi connectivity index (χ1n) is 12.2. The summed E-state index contributed by atoms with van der Waals surface area (Å²) in [7, 11) is -4.49. The quantitative estimate of drug-likeness (QED) is 0.360. The van der Waals surface area contributed by atoms with Gasteiger partial charge >= 0.3 is 0 Å². The molecule has 218 valence electrons. The van der Waals surface area contributed by atoms with Gasteiger partial charge in [0.15, 0.2) is 10.8 Å². The average molecular weight is 606 g/mol. The molecule has 1 saturated heterocycles. The van der Waals surface area contributed by atoms with Crippen molar-refractivity contribution in [3.8, 4) is 21.3 Å². The Hall–Kier alpha value is -2.95. The zero-order valence-electron chi connectivity index (χ0n) is 22.1. The number of hydrogen-bond acceptors (Lipinski definition) is 9. The van der Waals surface area contributed by atoms with E-state index in [0.717, 1.165) is 12.1 Å². The highest BCUT2D eigenvalue weighted by molar-refractivity contribution is 7.89. The molecule has 16 heteroatoms. The van der Waals surface area contributed by atoms with Crippen LogP contribution in [-0.2, 0) is 15.6 Å². The minimum absolute atomic E-state index is 0.0585. The summed E-state index contributed by atoms with van der Waals surface area (Å²) in [4.78, 5) is 17.7. The first-order chi connectivity index (χ1) is 18.5. The number of aromatic nitrogens is 3. The highest BCUT2D eigenvalue weighted by Crippen LogP contribution is 2.43. The van der Waals surface area contributed by atoms with Crippen molar-refractivity contribution in [2.45, 2.75) is 76.2 Å². The van der Waals surface area contributed by atoms with Gasteiger partial charge in [0.25, 0.3) is 18.2 Å². The first-order valence-corrected chi connectivity index (χ1v) is 14.5. The van der Waals surface area contributed by atoms with E-state index >= 15 is 4.39 Å². The number of nitrogens with one attached hydrogen (secondary N) is 1. The van der Waals surface area contributed by atoms with Crippen LogP contribution in [0.5, 0.6) is 0 Å². The molecule has 1 aromatic carbocycles. The number of hydrogen-bond donors (Lipinski definition) is 2. The molecule has 0 saturated carbocycles. The number of carbonyl (C=O) groups excluding carboxylic acids is 1. The van der Waals surface area contributed by atoms with Gasteiger partial charge in [-0.15, -0.1) is 21.5 Å². The molecular weight excluding hydrogens is 578 g/mol. The molecule has 0 radical (unpaired) electrons. The lowest BCUT2D eigenvalue weighted by atomic mass is 10.0. The van der Waals surface area contributed by atoms with E-state index in [-0.39, 0.29) is 34.6 Å². The number of halogens is 4. The molecule has 3 heterocycles. The minimum atomic E-state index is -4.49. The Morgan fingerprint density at radius 2 is 1.95 bits per heavy atom. The highest BCUT2D eigenvalue weighted by Gasteiger charge is 2.38. The number of nitrogens with zero attached hydrogens (tertiary/aromatic N) is 4. The van der Waals surface area contributed by atoms with Gasteiger partial charge in [0.05, 0.1) is 17.0 Å². The normalized spacial score (nSPS) is 18.4. The summed E-state index contributed by atoms with van der Waals surface area (Å²) in [6.07, 6.45) is -4.73. The molecule has 1 unspecified atom stereocenters. The van der Waals surface area contributed by atoms with Crippen LogP contribution in [0, 0.1) is 5.82 Å². The predicted molar refractivity (Wildman–Crippen MR) is 136 cm³/mol. The molecule has 1 fully saturated rings. The molecular formula is C24H27F4N5O5S2. The van der Waals surface area contributed by atoms with E-state index in [1.54, 1.807) is 6.92 Å². The number of aliphatic hydroxyl groups is 1. The largest absolute Gasteiger partial charge is 0.415 e. The lowest BCUT2D eigenvalue weighted by Gasteiger charge is -2.21. The van der Waals surface area contributed by atoms with E-state index in [9.17, 15) is 31.5 Å². The molecule has 1 amide bonds. The molecule has 0 spiro atoms. The fraction of sp³-hybridized carbons (Fsp3) is 0.500. The van der Waals surface area contributed by atoms with Gasteiger partial charge in [-0.3, -0.25) is 4.79 Å². The molecule has 3 aromatic rings. The molecule has 0 bridgehead atoms. The zero-order valence-corrected chi connectivity index (χ0v) is 23.7. The van der Waals surface area contributed by atoms with Gasteiger partial charge in [-0.25, -0.2) is 35.7 Å². The number of rotatable bonds is 8. The maximum Gasteiger partial charge on any atom is 0.276 e. The number of carbonyl (C=O) groups is 1. The Labute approximate surface area is 231 Å². The van der Waals surface area contributed by atoms with Gasteiger partial charge in [-0.1, -0.05) is 6.07 Å². The summed E-state index contributed by atoms with van der Waals surface area (Å²) in [5.74, 6) is -2.92. The van der Waals surface area contributed by atoms with Gasteiger partial charge in [-0.2, -0.15) is 0 Å². The van der Waals surface area contributed by atoms with Gasteiger partial charge < -0.3 is 14.4 Å². The van der Waals surface area contributed by atoms with Crippen molar-refractivity contribution < 1.29 is 40.3 Å². The van der Waals surface area contributed by atoms with Crippen molar-refractivity contribution in [1.82, 2.24) is 24.8 Å². The van der Waals surface area contributed by atoms with Crippen LogP contribution in [0.15, 0.2) is 21.4 Å². The van der Waals surface area contributed by atoms with Crippen LogP contribution in [0.3, 0.4) is 0 Å². The molecule has 1 aliphatic rings. The van der Waals surface area contributed by atoms with Crippen LogP contribution in [0.25, 0.3) is 21.3 Å². The Morgan fingerprint density at radius 3 is 2.48 bits per heavy atom. The summed E-state index contributed by atoms with van der Waals surface area (Å²) >= 11 is 0.648. The minimum Gasteiger partial charge on any atom is -0.415 e. The maximum absolute atomic E-state index is 15.5.